The molecule has 0 radical (unpaired) electrons. The highest BCUT2D eigenvalue weighted by atomic mass is 16.5. The number of carbonyl (C=O) groups is 1. The van der Waals surface area contributed by atoms with Gasteiger partial charge >= 0.3 is 0 Å². The minimum Gasteiger partial charge on any atom is -0.348 e. The van der Waals surface area contributed by atoms with Gasteiger partial charge in [0.2, 0.25) is 17.6 Å². The molecule has 0 atom stereocenters. The van der Waals surface area contributed by atoms with Gasteiger partial charge in [0.1, 0.15) is 0 Å². The number of aromatic nitrogens is 2. The van der Waals surface area contributed by atoms with Crippen LogP contribution in [0.15, 0.2) is 28.8 Å². The van der Waals surface area contributed by atoms with Gasteiger partial charge in [-0.05, 0) is 32.0 Å². The summed E-state index contributed by atoms with van der Waals surface area (Å²) in [7, 11) is 3.60. The summed E-state index contributed by atoms with van der Waals surface area (Å²) in [6.07, 6.45) is 1.03. The van der Waals surface area contributed by atoms with Crippen LogP contribution in [0.25, 0.3) is 11.4 Å². The van der Waals surface area contributed by atoms with Crippen LogP contribution in [-0.2, 0) is 11.3 Å². The van der Waals surface area contributed by atoms with Crippen molar-refractivity contribution in [2.24, 2.45) is 0 Å². The number of hydrogen-bond acceptors (Lipinski definition) is 6. The Bertz CT molecular complexity index is 743. The average Bonchev–Trinajstić information content (AvgIpc) is 2.96. The van der Waals surface area contributed by atoms with Crippen molar-refractivity contribution in [3.05, 3.63) is 35.7 Å². The van der Waals surface area contributed by atoms with Crippen LogP contribution in [0.4, 0.5) is 0 Å². The zero-order valence-electron chi connectivity index (χ0n) is 15.8. The van der Waals surface area contributed by atoms with Gasteiger partial charge in [0, 0.05) is 32.7 Å². The highest BCUT2D eigenvalue weighted by Gasteiger charge is 2.20. The molecule has 1 aromatic carbocycles. The van der Waals surface area contributed by atoms with Crippen LogP contribution >= 0.6 is 0 Å². The molecule has 1 fully saturated rings. The molecule has 26 heavy (non-hydrogen) atoms. The second-order valence-electron chi connectivity index (χ2n) is 7.02. The molecule has 1 saturated heterocycles. The molecule has 1 aliphatic heterocycles. The monoisotopic (exact) mass is 357 g/mol. The summed E-state index contributed by atoms with van der Waals surface area (Å²) in [5.41, 5.74) is 2.14. The van der Waals surface area contributed by atoms with Gasteiger partial charge in [0.05, 0.1) is 13.1 Å². The van der Waals surface area contributed by atoms with Crippen LogP contribution in [0.3, 0.4) is 0 Å². The van der Waals surface area contributed by atoms with Crippen LogP contribution in [0.1, 0.15) is 17.9 Å². The molecule has 0 saturated carbocycles. The van der Waals surface area contributed by atoms with Gasteiger partial charge < -0.3 is 9.42 Å². The molecule has 0 unspecified atom stereocenters. The van der Waals surface area contributed by atoms with Crippen LogP contribution < -0.4 is 0 Å². The third kappa shape index (κ3) is 4.68. The van der Waals surface area contributed by atoms with Gasteiger partial charge in [-0.3, -0.25) is 14.6 Å². The molecule has 3 rings (SSSR count). The van der Waals surface area contributed by atoms with Gasteiger partial charge in [-0.2, -0.15) is 4.98 Å². The topological polar surface area (TPSA) is 65.7 Å². The largest absolute Gasteiger partial charge is 0.348 e. The first-order valence-corrected chi connectivity index (χ1v) is 9.06. The number of likely N-dealkylation sites (N-methyl/N-ethyl adjacent to an activating group) is 1. The first kappa shape index (κ1) is 18.5. The number of aryl methyl sites for hydroxylation is 1. The maximum absolute atomic E-state index is 11.9. The van der Waals surface area contributed by atoms with E-state index in [9.17, 15) is 4.79 Å². The summed E-state index contributed by atoms with van der Waals surface area (Å²) in [6.45, 7) is 6.85. The van der Waals surface area contributed by atoms with Crippen LogP contribution in [0.5, 0.6) is 0 Å². The molecule has 2 aromatic rings. The zero-order chi connectivity index (χ0) is 18.5. The van der Waals surface area contributed by atoms with Crippen LogP contribution in [-0.4, -0.2) is 77.6 Å². The van der Waals surface area contributed by atoms with Crippen molar-refractivity contribution in [3.8, 4) is 11.4 Å². The zero-order valence-corrected chi connectivity index (χ0v) is 15.8. The first-order chi connectivity index (χ1) is 12.5. The van der Waals surface area contributed by atoms with Crippen molar-refractivity contribution < 1.29 is 9.32 Å². The maximum Gasteiger partial charge on any atom is 0.241 e. The highest BCUT2D eigenvalue weighted by molar-refractivity contribution is 5.77. The van der Waals surface area contributed by atoms with E-state index in [2.05, 4.69) is 19.9 Å². The predicted octanol–water partition coefficient (Wildman–Crippen LogP) is 1.64. The first-order valence-electron chi connectivity index (χ1n) is 9.06. The summed E-state index contributed by atoms with van der Waals surface area (Å²) in [5, 5.41) is 4.14. The van der Waals surface area contributed by atoms with Gasteiger partial charge in [-0.15, -0.1) is 0 Å². The van der Waals surface area contributed by atoms with Gasteiger partial charge in [-0.1, -0.05) is 29.4 Å². The van der Waals surface area contributed by atoms with E-state index in [1.807, 2.05) is 31.2 Å². The minimum absolute atomic E-state index is 0.151. The van der Waals surface area contributed by atoms with E-state index in [0.717, 1.165) is 43.7 Å². The highest BCUT2D eigenvalue weighted by Crippen LogP contribution is 2.20. The lowest BCUT2D eigenvalue weighted by atomic mass is 10.1. The van der Waals surface area contributed by atoms with E-state index in [4.69, 9.17) is 4.52 Å². The molecule has 7 heteroatoms. The minimum atomic E-state index is 0.151. The Labute approximate surface area is 154 Å². The lowest BCUT2D eigenvalue weighted by Crippen LogP contribution is -2.38. The Hall–Kier alpha value is -2.25. The molecule has 0 spiro atoms. The maximum atomic E-state index is 11.9. The number of benzene rings is 1. The number of carbonyl (C=O) groups excluding carboxylic acids is 1. The number of amides is 1. The summed E-state index contributed by atoms with van der Waals surface area (Å²) in [5.74, 6) is 1.44. The van der Waals surface area contributed by atoms with Gasteiger partial charge in [0.15, 0.2) is 0 Å². The third-order valence-electron chi connectivity index (χ3n) is 4.75. The number of nitrogens with zero attached hydrogens (tertiary/aromatic N) is 5. The van der Waals surface area contributed by atoms with Crippen molar-refractivity contribution in [3.63, 3.8) is 0 Å². The van der Waals surface area contributed by atoms with Crippen molar-refractivity contribution in [1.82, 2.24) is 24.8 Å². The Morgan fingerprint density at radius 3 is 2.65 bits per heavy atom. The molecule has 1 aliphatic rings. The van der Waals surface area contributed by atoms with Crippen molar-refractivity contribution in [2.45, 2.75) is 19.9 Å². The Balaban J connectivity index is 1.57. The van der Waals surface area contributed by atoms with E-state index in [0.29, 0.717) is 24.8 Å². The smallest absolute Gasteiger partial charge is 0.241 e. The quantitative estimate of drug-likeness (QED) is 0.811. The summed E-state index contributed by atoms with van der Waals surface area (Å²) in [6, 6.07) is 8.04. The Morgan fingerprint density at radius 1 is 1.15 bits per heavy atom. The molecular weight excluding hydrogens is 330 g/mol. The molecule has 0 aliphatic carbocycles. The van der Waals surface area contributed by atoms with Crippen molar-refractivity contribution >= 4 is 5.91 Å². The second kappa shape index (κ2) is 8.42. The van der Waals surface area contributed by atoms with E-state index < -0.39 is 0 Å². The third-order valence-corrected chi connectivity index (χ3v) is 4.75. The van der Waals surface area contributed by atoms with Crippen LogP contribution in [0.2, 0.25) is 0 Å². The average molecular weight is 357 g/mol. The summed E-state index contributed by atoms with van der Waals surface area (Å²) >= 11 is 0. The van der Waals surface area contributed by atoms with Crippen molar-refractivity contribution in [2.75, 3.05) is 46.8 Å². The molecular formula is C19H27N5O2. The molecule has 0 bridgehead atoms. The lowest BCUT2D eigenvalue weighted by Gasteiger charge is -2.22. The fourth-order valence-corrected chi connectivity index (χ4v) is 3.12. The van der Waals surface area contributed by atoms with Gasteiger partial charge in [-0.25, -0.2) is 0 Å². The number of rotatable bonds is 5. The second-order valence-corrected chi connectivity index (χ2v) is 7.02. The summed E-state index contributed by atoms with van der Waals surface area (Å²) in [4.78, 5) is 22.6. The molecule has 1 aromatic heterocycles. The van der Waals surface area contributed by atoms with Gasteiger partial charge in [0.25, 0.3) is 0 Å². The van der Waals surface area contributed by atoms with E-state index >= 15 is 0 Å². The molecule has 2 heterocycles. The SMILES string of the molecule is Cc1ccccc1-c1noc(CN2CCCN(CC(=O)N(C)C)CC2)n1. The standard InChI is InChI=1S/C19H27N5O2/c1-15-7-4-5-8-16(15)19-20-17(26-21-19)13-23-9-6-10-24(12-11-23)14-18(25)22(2)3/h4-5,7-8H,6,9-14H2,1-3H3. The lowest BCUT2D eigenvalue weighted by molar-refractivity contribution is -0.129. The Morgan fingerprint density at radius 2 is 1.88 bits per heavy atom. The number of hydrogen-bond donors (Lipinski definition) is 0. The van der Waals surface area contributed by atoms with E-state index in [-0.39, 0.29) is 5.91 Å². The molecule has 140 valence electrons. The Kier molecular flexibility index (Phi) is 6.00. The molecule has 0 N–H and O–H groups in total. The predicted molar refractivity (Wildman–Crippen MR) is 99.5 cm³/mol. The van der Waals surface area contributed by atoms with Crippen molar-refractivity contribution in [1.29, 1.82) is 0 Å². The van der Waals surface area contributed by atoms with E-state index in [1.165, 1.54) is 0 Å². The fourth-order valence-electron chi connectivity index (χ4n) is 3.12. The van der Waals surface area contributed by atoms with E-state index in [1.54, 1.807) is 19.0 Å². The molecule has 1 amide bonds. The van der Waals surface area contributed by atoms with Crippen LogP contribution in [0, 0.1) is 6.92 Å². The summed E-state index contributed by atoms with van der Waals surface area (Å²) < 4.78 is 5.46. The fraction of sp³-hybridized carbons (Fsp3) is 0.526. The normalized spacial score (nSPS) is 16.4. The molecule has 7 nitrogen and oxygen atoms in total.